The van der Waals surface area contributed by atoms with E-state index in [9.17, 15) is 0 Å². The minimum atomic E-state index is 0.621. The number of hydrogen-bond donors (Lipinski definition) is 0. The van der Waals surface area contributed by atoms with Crippen LogP contribution in [0.3, 0.4) is 0 Å². The molecule has 1 heterocycles. The number of rotatable bonds is 2. The van der Waals surface area contributed by atoms with Crippen LogP contribution >= 0.6 is 11.6 Å². The third-order valence-electron chi connectivity index (χ3n) is 2.97. The first-order chi connectivity index (χ1) is 6.79. The third-order valence-corrected chi connectivity index (χ3v) is 3.28. The summed E-state index contributed by atoms with van der Waals surface area (Å²) in [6, 6.07) is 8.68. The highest BCUT2D eigenvalue weighted by molar-refractivity contribution is 6.17. The predicted molar refractivity (Wildman–Crippen MR) is 60.9 cm³/mol. The van der Waals surface area contributed by atoms with Gasteiger partial charge in [0.15, 0.2) is 0 Å². The van der Waals surface area contributed by atoms with E-state index in [1.54, 1.807) is 0 Å². The average molecular weight is 210 g/mol. The third kappa shape index (κ3) is 2.10. The summed E-state index contributed by atoms with van der Waals surface area (Å²) in [6.07, 6.45) is 1.28. The van der Waals surface area contributed by atoms with Crippen LogP contribution in [0, 0.1) is 0 Å². The van der Waals surface area contributed by atoms with Crippen molar-refractivity contribution in [3.05, 3.63) is 35.4 Å². The van der Waals surface area contributed by atoms with Crippen LogP contribution < -0.4 is 0 Å². The zero-order chi connectivity index (χ0) is 9.97. The normalized spacial score (nSPS) is 22.9. The largest absolute Gasteiger partial charge is 0.306 e. The van der Waals surface area contributed by atoms with Crippen LogP contribution in [-0.2, 0) is 5.88 Å². The van der Waals surface area contributed by atoms with Crippen molar-refractivity contribution >= 4 is 11.6 Å². The molecule has 1 fully saturated rings. The highest BCUT2D eigenvalue weighted by Crippen LogP contribution is 2.26. The van der Waals surface area contributed by atoms with Gasteiger partial charge in [0.2, 0.25) is 0 Å². The van der Waals surface area contributed by atoms with E-state index in [2.05, 4.69) is 36.2 Å². The lowest BCUT2D eigenvalue weighted by Crippen LogP contribution is -2.13. The monoisotopic (exact) mass is 209 g/mol. The standard InChI is InChI=1S/C12H16ClN/c1-14-6-5-12(9-14)11-4-2-3-10(7-11)8-13/h2-4,7,12H,5-6,8-9H2,1H3. The fourth-order valence-corrected chi connectivity index (χ4v) is 2.30. The Balaban J connectivity index is 2.15. The fourth-order valence-electron chi connectivity index (χ4n) is 2.14. The molecule has 2 heteroatoms. The van der Waals surface area contributed by atoms with Crippen LogP contribution in [0.4, 0.5) is 0 Å². The van der Waals surface area contributed by atoms with Gasteiger partial charge >= 0.3 is 0 Å². The van der Waals surface area contributed by atoms with Gasteiger partial charge in [-0.2, -0.15) is 0 Å². The van der Waals surface area contributed by atoms with Crippen LogP contribution in [0.15, 0.2) is 24.3 Å². The molecule has 1 aromatic rings. The molecule has 0 radical (unpaired) electrons. The second kappa shape index (κ2) is 4.33. The summed E-state index contributed by atoms with van der Waals surface area (Å²) in [6.45, 7) is 2.40. The first kappa shape index (κ1) is 10.0. The quantitative estimate of drug-likeness (QED) is 0.678. The van der Waals surface area contributed by atoms with Crippen molar-refractivity contribution in [2.24, 2.45) is 0 Å². The number of likely N-dealkylation sites (N-methyl/N-ethyl adjacent to an activating group) is 1. The van der Waals surface area contributed by atoms with Gasteiger partial charge < -0.3 is 4.90 Å². The van der Waals surface area contributed by atoms with E-state index >= 15 is 0 Å². The SMILES string of the molecule is CN1CCC(c2cccc(CCl)c2)C1. The molecule has 1 atom stereocenters. The first-order valence-corrected chi connectivity index (χ1v) is 5.66. The second-order valence-electron chi connectivity index (χ2n) is 4.13. The van der Waals surface area contributed by atoms with Gasteiger partial charge in [-0.15, -0.1) is 11.6 Å². The molecule has 1 nitrogen and oxygen atoms in total. The molecular formula is C12H16ClN. The summed E-state index contributed by atoms with van der Waals surface area (Å²) in [5.74, 6) is 1.33. The molecule has 76 valence electrons. The smallest absolute Gasteiger partial charge is 0.0474 e. The molecule has 0 saturated carbocycles. The molecule has 0 N–H and O–H groups in total. The van der Waals surface area contributed by atoms with Gasteiger partial charge in [-0.1, -0.05) is 24.3 Å². The molecule has 1 aliphatic heterocycles. The van der Waals surface area contributed by atoms with Gasteiger partial charge in [0.25, 0.3) is 0 Å². The van der Waals surface area contributed by atoms with Crippen molar-refractivity contribution in [2.45, 2.75) is 18.2 Å². The van der Waals surface area contributed by atoms with Crippen molar-refractivity contribution in [1.82, 2.24) is 4.90 Å². The maximum atomic E-state index is 5.82. The number of nitrogens with zero attached hydrogens (tertiary/aromatic N) is 1. The summed E-state index contributed by atoms with van der Waals surface area (Å²) >= 11 is 5.82. The molecule has 0 aromatic heterocycles. The summed E-state index contributed by atoms with van der Waals surface area (Å²) in [7, 11) is 2.19. The molecule has 1 unspecified atom stereocenters. The molecule has 0 spiro atoms. The Morgan fingerprint density at radius 1 is 1.50 bits per heavy atom. The average Bonchev–Trinajstić information content (AvgIpc) is 2.65. The zero-order valence-corrected chi connectivity index (χ0v) is 9.30. The van der Waals surface area contributed by atoms with E-state index in [1.807, 2.05) is 0 Å². The van der Waals surface area contributed by atoms with Gasteiger partial charge in [-0.25, -0.2) is 0 Å². The van der Waals surface area contributed by atoms with Crippen molar-refractivity contribution in [3.63, 3.8) is 0 Å². The molecule has 1 saturated heterocycles. The lowest BCUT2D eigenvalue weighted by molar-refractivity contribution is 0.411. The Morgan fingerprint density at radius 2 is 2.36 bits per heavy atom. The molecular weight excluding hydrogens is 194 g/mol. The van der Waals surface area contributed by atoms with Crippen LogP contribution in [-0.4, -0.2) is 25.0 Å². The van der Waals surface area contributed by atoms with Gasteiger partial charge in [0, 0.05) is 12.4 Å². The summed E-state index contributed by atoms with van der Waals surface area (Å²) < 4.78 is 0. The number of halogens is 1. The topological polar surface area (TPSA) is 3.24 Å². The van der Waals surface area contributed by atoms with Crippen molar-refractivity contribution in [2.75, 3.05) is 20.1 Å². The lowest BCUT2D eigenvalue weighted by atomic mass is 9.97. The molecule has 0 aliphatic carbocycles. The molecule has 0 bridgehead atoms. The van der Waals surface area contributed by atoms with Crippen molar-refractivity contribution in [3.8, 4) is 0 Å². The van der Waals surface area contributed by atoms with E-state index in [0.717, 1.165) is 0 Å². The maximum absolute atomic E-state index is 5.82. The first-order valence-electron chi connectivity index (χ1n) is 5.13. The van der Waals surface area contributed by atoms with Crippen molar-refractivity contribution < 1.29 is 0 Å². The zero-order valence-electron chi connectivity index (χ0n) is 8.54. The van der Waals surface area contributed by atoms with Crippen LogP contribution in [0.1, 0.15) is 23.5 Å². The van der Waals surface area contributed by atoms with E-state index in [1.165, 1.54) is 30.6 Å². The Labute approximate surface area is 90.7 Å². The second-order valence-corrected chi connectivity index (χ2v) is 4.39. The Kier molecular flexibility index (Phi) is 3.09. The van der Waals surface area contributed by atoms with Gasteiger partial charge in [-0.05, 0) is 37.1 Å². The molecule has 2 rings (SSSR count). The highest BCUT2D eigenvalue weighted by Gasteiger charge is 2.20. The number of benzene rings is 1. The summed E-state index contributed by atoms with van der Waals surface area (Å²) in [5, 5.41) is 0. The molecule has 1 aromatic carbocycles. The summed E-state index contributed by atoms with van der Waals surface area (Å²) in [4.78, 5) is 2.39. The van der Waals surface area contributed by atoms with Gasteiger partial charge in [0.05, 0.1) is 0 Å². The van der Waals surface area contributed by atoms with Gasteiger partial charge in [-0.3, -0.25) is 0 Å². The summed E-state index contributed by atoms with van der Waals surface area (Å²) in [5.41, 5.74) is 2.69. The molecule has 0 amide bonds. The predicted octanol–water partition coefficient (Wildman–Crippen LogP) is 2.84. The van der Waals surface area contributed by atoms with Crippen LogP contribution in [0.2, 0.25) is 0 Å². The number of alkyl halides is 1. The van der Waals surface area contributed by atoms with E-state index < -0.39 is 0 Å². The van der Waals surface area contributed by atoms with Gasteiger partial charge in [0.1, 0.15) is 0 Å². The highest BCUT2D eigenvalue weighted by atomic mass is 35.5. The molecule has 14 heavy (non-hydrogen) atoms. The lowest BCUT2D eigenvalue weighted by Gasteiger charge is -2.11. The van der Waals surface area contributed by atoms with E-state index in [-0.39, 0.29) is 0 Å². The minimum absolute atomic E-state index is 0.621. The maximum Gasteiger partial charge on any atom is 0.0474 e. The Bertz CT molecular complexity index is 311. The number of likely N-dealkylation sites (tertiary alicyclic amines) is 1. The van der Waals surface area contributed by atoms with Crippen molar-refractivity contribution in [1.29, 1.82) is 0 Å². The van der Waals surface area contributed by atoms with Crippen LogP contribution in [0.25, 0.3) is 0 Å². The Hall–Kier alpha value is -0.530. The number of hydrogen-bond acceptors (Lipinski definition) is 1. The fraction of sp³-hybridized carbons (Fsp3) is 0.500. The molecule has 1 aliphatic rings. The Morgan fingerprint density at radius 3 is 3.00 bits per heavy atom. The van der Waals surface area contributed by atoms with Crippen LogP contribution in [0.5, 0.6) is 0 Å². The van der Waals surface area contributed by atoms with E-state index in [4.69, 9.17) is 11.6 Å². The van der Waals surface area contributed by atoms with E-state index in [0.29, 0.717) is 11.8 Å². The minimum Gasteiger partial charge on any atom is -0.306 e.